The molecule has 0 aliphatic heterocycles. The van der Waals surface area contributed by atoms with Crippen molar-refractivity contribution < 1.29 is 19.1 Å². The third kappa shape index (κ3) is 4.92. The van der Waals surface area contributed by atoms with E-state index in [-0.39, 0.29) is 13.0 Å². The average Bonchev–Trinajstić information content (AvgIpc) is 2.37. The molecule has 1 N–H and O–H groups in total. The quantitative estimate of drug-likeness (QED) is 0.792. The third-order valence-electron chi connectivity index (χ3n) is 1.93. The van der Waals surface area contributed by atoms with Crippen LogP contribution in [0.1, 0.15) is 12.0 Å². The summed E-state index contributed by atoms with van der Waals surface area (Å²) in [5.74, 6) is 0. The maximum atomic E-state index is 11.2. The van der Waals surface area contributed by atoms with Crippen molar-refractivity contribution in [2.45, 2.75) is 19.1 Å². The molecule has 1 aromatic carbocycles. The fraction of sp³-hybridized carbons (Fsp3) is 0.250. The zero-order chi connectivity index (χ0) is 12.5. The van der Waals surface area contributed by atoms with E-state index in [2.05, 4.69) is 5.32 Å². The largest absolute Gasteiger partial charge is 0.445 e. The molecule has 0 aromatic heterocycles. The van der Waals surface area contributed by atoms with Gasteiger partial charge in [0, 0.05) is 6.42 Å². The van der Waals surface area contributed by atoms with Crippen LogP contribution in [0.5, 0.6) is 0 Å². The van der Waals surface area contributed by atoms with E-state index in [4.69, 9.17) is 4.74 Å². The molecule has 0 fully saturated rings. The predicted octanol–water partition coefficient (Wildman–Crippen LogP) is 0.891. The predicted molar refractivity (Wildman–Crippen MR) is 59.6 cm³/mol. The Morgan fingerprint density at radius 1 is 1.29 bits per heavy atom. The van der Waals surface area contributed by atoms with E-state index < -0.39 is 12.1 Å². The summed E-state index contributed by atoms with van der Waals surface area (Å²) in [6.45, 7) is 0.100. The standard InChI is InChI=1S/C12H11NO4/c14-7-6-11(8-15)13-12(16)17-9-10-4-2-1-3-5-10/h1-5,11H,6,9H2,(H,13,16)/t11-/m0/s1. The minimum atomic E-state index is -1.00. The second-order valence-corrected chi connectivity index (χ2v) is 3.22. The van der Waals surface area contributed by atoms with Crippen molar-refractivity contribution in [1.82, 2.24) is 5.32 Å². The maximum absolute atomic E-state index is 11.2. The minimum Gasteiger partial charge on any atom is -0.445 e. The topological polar surface area (TPSA) is 72.5 Å². The molecular formula is C12H11NO4. The van der Waals surface area contributed by atoms with Gasteiger partial charge >= 0.3 is 6.09 Å². The molecular weight excluding hydrogens is 222 g/mol. The van der Waals surface area contributed by atoms with Crippen molar-refractivity contribution in [3.63, 3.8) is 0 Å². The normalized spacial score (nSPS) is 11.3. The van der Waals surface area contributed by atoms with Crippen LogP contribution in [-0.4, -0.2) is 24.7 Å². The molecule has 1 aromatic rings. The van der Waals surface area contributed by atoms with E-state index in [1.165, 1.54) is 12.6 Å². The first-order valence-electron chi connectivity index (χ1n) is 4.96. The Kier molecular flexibility index (Phi) is 5.43. The molecule has 0 aliphatic carbocycles. The molecule has 0 spiro atoms. The van der Waals surface area contributed by atoms with Crippen LogP contribution in [0.25, 0.3) is 0 Å². The average molecular weight is 233 g/mol. The zero-order valence-electron chi connectivity index (χ0n) is 9.01. The highest BCUT2D eigenvalue weighted by molar-refractivity contribution is 5.75. The number of carbonyl (C=O) groups excluding carboxylic acids is 3. The van der Waals surface area contributed by atoms with E-state index in [9.17, 15) is 14.4 Å². The molecule has 0 saturated carbocycles. The van der Waals surface area contributed by atoms with Crippen molar-refractivity contribution in [2.24, 2.45) is 0 Å². The summed E-state index contributed by atoms with van der Waals surface area (Å²) < 4.78 is 4.85. The van der Waals surface area contributed by atoms with Crippen LogP contribution in [0.2, 0.25) is 0 Å². The van der Waals surface area contributed by atoms with Gasteiger partial charge in [-0.1, -0.05) is 30.3 Å². The van der Waals surface area contributed by atoms with Gasteiger partial charge in [-0.3, -0.25) is 9.59 Å². The molecule has 0 heterocycles. The summed E-state index contributed by atoms with van der Waals surface area (Å²) in [6.07, 6.45) is 2.02. The van der Waals surface area contributed by atoms with Gasteiger partial charge in [0.1, 0.15) is 12.6 Å². The number of nitrogens with one attached hydrogen (secondary N) is 1. The highest BCUT2D eigenvalue weighted by Crippen LogP contribution is 2.00. The van der Waals surface area contributed by atoms with Crippen LogP contribution in [0.3, 0.4) is 0 Å². The SMILES string of the molecule is O=[C]C[C@@H]([C]=O)NC(=O)OCc1ccccc1. The lowest BCUT2D eigenvalue weighted by Gasteiger charge is -2.09. The highest BCUT2D eigenvalue weighted by Gasteiger charge is 2.12. The second kappa shape index (κ2) is 7.16. The summed E-state index contributed by atoms with van der Waals surface area (Å²) in [5.41, 5.74) is 0.830. The van der Waals surface area contributed by atoms with Crippen molar-refractivity contribution in [3.8, 4) is 0 Å². The molecule has 1 rings (SSSR count). The monoisotopic (exact) mass is 233 g/mol. The van der Waals surface area contributed by atoms with Gasteiger partial charge < -0.3 is 10.1 Å². The lowest BCUT2D eigenvalue weighted by atomic mass is 10.2. The Hall–Kier alpha value is -2.17. The molecule has 0 bridgehead atoms. The summed E-state index contributed by atoms with van der Waals surface area (Å²) in [4.78, 5) is 31.6. The van der Waals surface area contributed by atoms with E-state index in [1.807, 2.05) is 18.2 Å². The van der Waals surface area contributed by atoms with Crippen LogP contribution in [-0.2, 0) is 20.9 Å². The van der Waals surface area contributed by atoms with Crippen LogP contribution < -0.4 is 5.32 Å². The smallest absolute Gasteiger partial charge is 0.408 e. The van der Waals surface area contributed by atoms with E-state index >= 15 is 0 Å². The molecule has 17 heavy (non-hydrogen) atoms. The number of alkyl carbamates (subject to hydrolysis) is 1. The van der Waals surface area contributed by atoms with Crippen LogP contribution in [0.4, 0.5) is 4.79 Å². The molecule has 0 unspecified atom stereocenters. The van der Waals surface area contributed by atoms with Gasteiger partial charge in [0.15, 0.2) is 0 Å². The molecule has 5 heteroatoms. The Morgan fingerprint density at radius 3 is 2.59 bits per heavy atom. The van der Waals surface area contributed by atoms with E-state index in [0.29, 0.717) is 0 Å². The van der Waals surface area contributed by atoms with E-state index in [1.54, 1.807) is 12.1 Å². The van der Waals surface area contributed by atoms with Gasteiger partial charge in [0.2, 0.25) is 12.6 Å². The van der Waals surface area contributed by atoms with Crippen LogP contribution in [0.15, 0.2) is 30.3 Å². The first-order chi connectivity index (χ1) is 8.26. The van der Waals surface area contributed by atoms with Crippen molar-refractivity contribution >= 4 is 18.7 Å². The third-order valence-corrected chi connectivity index (χ3v) is 1.93. The Bertz CT molecular complexity index is 377. The van der Waals surface area contributed by atoms with Gasteiger partial charge in [-0.15, -0.1) is 0 Å². The number of amides is 1. The highest BCUT2D eigenvalue weighted by atomic mass is 16.5. The molecule has 88 valence electrons. The molecule has 1 atom stereocenters. The fourth-order valence-corrected chi connectivity index (χ4v) is 1.11. The second-order valence-electron chi connectivity index (χ2n) is 3.22. The van der Waals surface area contributed by atoms with Gasteiger partial charge in [-0.25, -0.2) is 4.79 Å². The van der Waals surface area contributed by atoms with Crippen molar-refractivity contribution in [3.05, 3.63) is 35.9 Å². The Morgan fingerprint density at radius 2 is 2.00 bits per heavy atom. The van der Waals surface area contributed by atoms with Gasteiger partial charge in [-0.2, -0.15) is 0 Å². The lowest BCUT2D eigenvalue weighted by molar-refractivity contribution is 0.138. The summed E-state index contributed by atoms with van der Waals surface area (Å²) in [7, 11) is 0. The molecule has 0 aliphatic rings. The fourth-order valence-electron chi connectivity index (χ4n) is 1.11. The Balaban J connectivity index is 2.34. The lowest BCUT2D eigenvalue weighted by Crippen LogP contribution is -2.36. The molecule has 0 saturated heterocycles. The number of carbonyl (C=O) groups is 1. The summed E-state index contributed by atoms with van der Waals surface area (Å²) in [6, 6.07) is 8.09. The number of hydrogen-bond acceptors (Lipinski definition) is 4. The summed E-state index contributed by atoms with van der Waals surface area (Å²) >= 11 is 0. The van der Waals surface area contributed by atoms with Gasteiger partial charge in [-0.05, 0) is 5.56 Å². The molecule has 2 radical (unpaired) electrons. The minimum absolute atomic E-state index is 0.100. The van der Waals surface area contributed by atoms with Crippen molar-refractivity contribution in [1.29, 1.82) is 0 Å². The number of ether oxygens (including phenoxy) is 1. The zero-order valence-corrected chi connectivity index (χ0v) is 9.01. The number of hydrogen-bond donors (Lipinski definition) is 1. The van der Waals surface area contributed by atoms with Crippen molar-refractivity contribution in [2.75, 3.05) is 0 Å². The number of benzene rings is 1. The van der Waals surface area contributed by atoms with Crippen LogP contribution in [0, 0.1) is 0 Å². The van der Waals surface area contributed by atoms with Gasteiger partial charge in [0.05, 0.1) is 0 Å². The van der Waals surface area contributed by atoms with Crippen LogP contribution >= 0.6 is 0 Å². The number of rotatable bonds is 6. The van der Waals surface area contributed by atoms with E-state index in [0.717, 1.165) is 5.56 Å². The Labute approximate surface area is 98.8 Å². The first kappa shape index (κ1) is 12.9. The first-order valence-corrected chi connectivity index (χ1v) is 4.96. The summed E-state index contributed by atoms with van der Waals surface area (Å²) in [5, 5.41) is 2.19. The molecule has 5 nitrogen and oxygen atoms in total. The maximum Gasteiger partial charge on any atom is 0.408 e. The van der Waals surface area contributed by atoms with Gasteiger partial charge in [0.25, 0.3) is 0 Å². The molecule has 1 amide bonds.